The number of nitrogens with one attached hydrogen (secondary N) is 1. The first-order valence-electron chi connectivity index (χ1n) is 7.85. The molecular weight excluding hydrogens is 388 g/mol. The highest BCUT2D eigenvalue weighted by molar-refractivity contribution is 7.91. The van der Waals surface area contributed by atoms with Gasteiger partial charge in [-0.15, -0.1) is 0 Å². The molecule has 1 aromatic heterocycles. The Hall–Kier alpha value is -2.69. The monoisotopic (exact) mass is 406 g/mol. The van der Waals surface area contributed by atoms with Crippen molar-refractivity contribution in [3.8, 4) is 5.69 Å². The Bertz CT molecular complexity index is 1170. The van der Waals surface area contributed by atoms with Crippen molar-refractivity contribution >= 4 is 25.5 Å². The van der Waals surface area contributed by atoms with E-state index in [4.69, 9.17) is 5.14 Å². The molecule has 3 rings (SSSR count). The quantitative estimate of drug-likeness (QED) is 0.640. The number of hydrogen-bond donors (Lipinski definition) is 2. The zero-order valence-corrected chi connectivity index (χ0v) is 16.0. The Labute approximate surface area is 157 Å². The number of nitrogens with zero attached hydrogens (tertiary/aromatic N) is 2. The number of rotatable bonds is 6. The van der Waals surface area contributed by atoms with Crippen LogP contribution in [0, 0.1) is 0 Å². The fourth-order valence-corrected chi connectivity index (χ4v) is 4.11. The maximum absolute atomic E-state index is 12.1. The molecule has 0 saturated heterocycles. The minimum atomic E-state index is -4.01. The molecule has 0 unspecified atom stereocenters. The van der Waals surface area contributed by atoms with Gasteiger partial charge in [-0.1, -0.05) is 18.2 Å². The molecule has 0 fully saturated rings. The Morgan fingerprint density at radius 3 is 2.44 bits per heavy atom. The van der Waals surface area contributed by atoms with Gasteiger partial charge in [-0.05, 0) is 35.9 Å². The number of sulfonamides is 1. The first-order valence-corrected chi connectivity index (χ1v) is 11.3. The Balaban J connectivity index is 1.96. The Morgan fingerprint density at radius 2 is 1.81 bits per heavy atom. The van der Waals surface area contributed by atoms with E-state index in [9.17, 15) is 16.8 Å². The SMILES string of the molecule is CS(=O)(=O)c1cc(S(N)(=O)=O)ccc1NCc1ccccc1-n1cccn1. The van der Waals surface area contributed by atoms with Crippen molar-refractivity contribution in [3.63, 3.8) is 0 Å². The summed E-state index contributed by atoms with van der Waals surface area (Å²) in [6.07, 6.45) is 4.48. The lowest BCUT2D eigenvalue weighted by molar-refractivity contribution is 0.597. The lowest BCUT2D eigenvalue weighted by Gasteiger charge is -2.14. The molecule has 142 valence electrons. The minimum Gasteiger partial charge on any atom is -0.380 e. The Kier molecular flexibility index (Phi) is 5.05. The van der Waals surface area contributed by atoms with Crippen molar-refractivity contribution in [2.75, 3.05) is 11.6 Å². The molecule has 1 heterocycles. The van der Waals surface area contributed by atoms with Crippen molar-refractivity contribution in [1.29, 1.82) is 0 Å². The predicted octanol–water partition coefficient (Wildman–Crippen LogP) is 1.54. The van der Waals surface area contributed by atoms with Crippen LogP contribution in [0.4, 0.5) is 5.69 Å². The highest BCUT2D eigenvalue weighted by atomic mass is 32.2. The normalized spacial score (nSPS) is 12.1. The van der Waals surface area contributed by atoms with Crippen LogP contribution in [0.3, 0.4) is 0 Å². The summed E-state index contributed by atoms with van der Waals surface area (Å²) < 4.78 is 49.0. The molecule has 0 atom stereocenters. The van der Waals surface area contributed by atoms with Crippen LogP contribution in [0.2, 0.25) is 0 Å². The molecule has 0 aliphatic heterocycles. The highest BCUT2D eigenvalue weighted by Gasteiger charge is 2.18. The molecule has 8 nitrogen and oxygen atoms in total. The predicted molar refractivity (Wildman–Crippen MR) is 102 cm³/mol. The summed E-state index contributed by atoms with van der Waals surface area (Å²) in [5.41, 5.74) is 2.02. The van der Waals surface area contributed by atoms with Crippen molar-refractivity contribution in [1.82, 2.24) is 9.78 Å². The van der Waals surface area contributed by atoms with E-state index >= 15 is 0 Å². The summed E-state index contributed by atoms with van der Waals surface area (Å²) >= 11 is 0. The van der Waals surface area contributed by atoms with Crippen LogP contribution in [0.25, 0.3) is 5.69 Å². The number of benzene rings is 2. The lowest BCUT2D eigenvalue weighted by atomic mass is 10.1. The third-order valence-corrected chi connectivity index (χ3v) is 5.94. The number of hydrogen-bond acceptors (Lipinski definition) is 6. The van der Waals surface area contributed by atoms with E-state index in [1.807, 2.05) is 30.5 Å². The molecule has 0 saturated carbocycles. The molecule has 27 heavy (non-hydrogen) atoms. The van der Waals surface area contributed by atoms with E-state index in [1.165, 1.54) is 12.1 Å². The van der Waals surface area contributed by atoms with Crippen LogP contribution in [0.15, 0.2) is 70.7 Å². The first kappa shape index (κ1) is 19.1. The average Bonchev–Trinajstić information content (AvgIpc) is 3.13. The van der Waals surface area contributed by atoms with Gasteiger partial charge in [0.25, 0.3) is 0 Å². The standard InChI is InChI=1S/C17H18N4O4S2/c1-26(22,23)17-11-14(27(18,24)25)7-8-15(17)19-12-13-5-2-3-6-16(13)21-10-4-9-20-21/h2-11,19H,12H2,1H3,(H2,18,24,25). The van der Waals surface area contributed by atoms with E-state index in [0.29, 0.717) is 12.2 Å². The number of sulfone groups is 1. The van der Waals surface area contributed by atoms with E-state index in [-0.39, 0.29) is 9.79 Å². The van der Waals surface area contributed by atoms with Gasteiger partial charge in [0.1, 0.15) is 0 Å². The second-order valence-electron chi connectivity index (χ2n) is 5.91. The molecule has 0 amide bonds. The second kappa shape index (κ2) is 7.14. The Morgan fingerprint density at radius 1 is 1.07 bits per heavy atom. The maximum atomic E-state index is 12.1. The maximum Gasteiger partial charge on any atom is 0.238 e. The number of primary sulfonamides is 1. The van der Waals surface area contributed by atoms with Gasteiger partial charge in [-0.25, -0.2) is 26.7 Å². The summed E-state index contributed by atoms with van der Waals surface area (Å²) in [7, 11) is -7.68. The van der Waals surface area contributed by atoms with E-state index < -0.39 is 19.9 Å². The van der Waals surface area contributed by atoms with Gasteiger partial charge in [0, 0.05) is 25.2 Å². The van der Waals surface area contributed by atoms with Gasteiger partial charge < -0.3 is 5.32 Å². The summed E-state index contributed by atoms with van der Waals surface area (Å²) in [6, 6.07) is 13.1. The van der Waals surface area contributed by atoms with Crippen LogP contribution in [-0.4, -0.2) is 32.9 Å². The van der Waals surface area contributed by atoms with Crippen LogP contribution in [0.1, 0.15) is 5.56 Å². The third-order valence-electron chi connectivity index (χ3n) is 3.89. The van der Waals surface area contributed by atoms with Crippen LogP contribution in [0.5, 0.6) is 0 Å². The fourth-order valence-electron chi connectivity index (χ4n) is 2.62. The summed E-state index contributed by atoms with van der Waals surface area (Å²) in [6.45, 7) is 0.313. The zero-order valence-electron chi connectivity index (χ0n) is 14.4. The van der Waals surface area contributed by atoms with Gasteiger partial charge in [-0.2, -0.15) is 5.10 Å². The molecule has 3 N–H and O–H groups in total. The summed E-state index contributed by atoms with van der Waals surface area (Å²) in [5.74, 6) is 0. The van der Waals surface area contributed by atoms with Crippen molar-refractivity contribution < 1.29 is 16.8 Å². The van der Waals surface area contributed by atoms with Crippen LogP contribution >= 0.6 is 0 Å². The highest BCUT2D eigenvalue weighted by Crippen LogP contribution is 2.26. The van der Waals surface area contributed by atoms with Crippen LogP contribution in [-0.2, 0) is 26.4 Å². The largest absolute Gasteiger partial charge is 0.380 e. The topological polar surface area (TPSA) is 124 Å². The van der Waals surface area contributed by atoms with Gasteiger partial charge in [0.05, 0.1) is 21.2 Å². The molecule has 0 aliphatic rings. The van der Waals surface area contributed by atoms with E-state index in [1.54, 1.807) is 16.9 Å². The van der Waals surface area contributed by atoms with E-state index in [0.717, 1.165) is 23.6 Å². The molecule has 3 aromatic rings. The van der Waals surface area contributed by atoms with Crippen molar-refractivity contribution in [2.45, 2.75) is 16.3 Å². The number of nitrogens with two attached hydrogens (primary N) is 1. The zero-order chi connectivity index (χ0) is 19.7. The van der Waals surface area contributed by atoms with Gasteiger partial charge in [-0.3, -0.25) is 0 Å². The smallest absolute Gasteiger partial charge is 0.238 e. The van der Waals surface area contributed by atoms with Crippen molar-refractivity contribution in [3.05, 3.63) is 66.5 Å². The minimum absolute atomic E-state index is 0.134. The molecule has 2 aromatic carbocycles. The molecular formula is C17H18N4O4S2. The average molecular weight is 406 g/mol. The summed E-state index contributed by atoms with van der Waals surface area (Å²) in [4.78, 5) is -0.393. The molecule has 0 aliphatic carbocycles. The van der Waals surface area contributed by atoms with Crippen molar-refractivity contribution in [2.24, 2.45) is 5.14 Å². The van der Waals surface area contributed by atoms with Gasteiger partial charge in [0.2, 0.25) is 10.0 Å². The second-order valence-corrected chi connectivity index (χ2v) is 9.45. The van der Waals surface area contributed by atoms with E-state index in [2.05, 4.69) is 10.4 Å². The molecule has 0 radical (unpaired) electrons. The molecule has 10 heteroatoms. The lowest BCUT2D eigenvalue weighted by Crippen LogP contribution is -2.14. The molecule has 0 spiro atoms. The number of aromatic nitrogens is 2. The van der Waals surface area contributed by atoms with Gasteiger partial charge >= 0.3 is 0 Å². The molecule has 0 bridgehead atoms. The van der Waals surface area contributed by atoms with Gasteiger partial charge in [0.15, 0.2) is 9.84 Å². The fraction of sp³-hybridized carbons (Fsp3) is 0.118. The first-order chi connectivity index (χ1) is 12.7. The van der Waals surface area contributed by atoms with Crippen LogP contribution < -0.4 is 10.5 Å². The number of anilines is 1. The summed E-state index contributed by atoms with van der Waals surface area (Å²) in [5, 5.41) is 12.4. The third kappa shape index (κ3) is 4.35. The number of para-hydroxylation sites is 1.